The summed E-state index contributed by atoms with van der Waals surface area (Å²) in [6.45, 7) is -0.0419. The maximum Gasteiger partial charge on any atom is 0.129 e. The molecule has 0 atom stereocenters. The topological polar surface area (TPSA) is 46.2 Å². The molecular weight excluding hydrogens is 169 g/mol. The summed E-state index contributed by atoms with van der Waals surface area (Å²) in [6.07, 6.45) is 0. The van der Waals surface area contributed by atoms with Crippen LogP contribution in [0.3, 0.4) is 0 Å². The summed E-state index contributed by atoms with van der Waals surface area (Å²) in [5.74, 6) is 4.88. The Labute approximate surface area is 76.2 Å². The first kappa shape index (κ1) is 9.72. The van der Waals surface area contributed by atoms with Crippen molar-refractivity contribution in [2.75, 3.05) is 6.54 Å². The van der Waals surface area contributed by atoms with Crippen LogP contribution in [0.1, 0.15) is 11.1 Å². The molecule has 0 saturated heterocycles. The third-order valence-electron chi connectivity index (χ3n) is 1.56. The predicted octanol–water partition coefficient (Wildman–Crippen LogP) is 0.628. The van der Waals surface area contributed by atoms with E-state index in [0.717, 1.165) is 0 Å². The first-order chi connectivity index (χ1) is 6.27. The van der Waals surface area contributed by atoms with Gasteiger partial charge in [0.15, 0.2) is 0 Å². The molecule has 0 aliphatic rings. The molecule has 0 heterocycles. The first-order valence-corrected chi connectivity index (χ1v) is 3.86. The number of hydrogen-bond donors (Lipinski definition) is 2. The molecule has 13 heavy (non-hydrogen) atoms. The molecule has 3 heteroatoms. The zero-order valence-corrected chi connectivity index (χ0v) is 7.05. The summed E-state index contributed by atoms with van der Waals surface area (Å²) < 4.78 is 13.0. The second-order valence-electron chi connectivity index (χ2n) is 2.47. The highest BCUT2D eigenvalue weighted by atomic mass is 19.1. The molecule has 2 nitrogen and oxygen atoms in total. The molecule has 0 spiro atoms. The van der Waals surface area contributed by atoms with Gasteiger partial charge in [0.25, 0.3) is 0 Å². The second kappa shape index (κ2) is 4.61. The molecule has 1 rings (SSSR count). The van der Waals surface area contributed by atoms with Gasteiger partial charge in [0.2, 0.25) is 0 Å². The van der Waals surface area contributed by atoms with Crippen LogP contribution in [0.15, 0.2) is 18.2 Å². The minimum atomic E-state index is -0.439. The van der Waals surface area contributed by atoms with Crippen LogP contribution < -0.4 is 5.73 Å². The summed E-state index contributed by atoms with van der Waals surface area (Å²) >= 11 is 0. The zero-order chi connectivity index (χ0) is 9.68. The maximum absolute atomic E-state index is 13.0. The maximum atomic E-state index is 13.0. The molecule has 0 saturated carbocycles. The molecular formula is C10H10FNO. The van der Waals surface area contributed by atoms with Gasteiger partial charge in [-0.1, -0.05) is 17.9 Å². The van der Waals surface area contributed by atoms with Crippen molar-refractivity contribution in [2.24, 2.45) is 5.73 Å². The predicted molar refractivity (Wildman–Crippen MR) is 48.3 cm³/mol. The number of aliphatic hydroxyl groups is 1. The molecule has 1 aromatic rings. The second-order valence-corrected chi connectivity index (χ2v) is 2.47. The largest absolute Gasteiger partial charge is 0.392 e. The van der Waals surface area contributed by atoms with Crippen LogP contribution in [0.25, 0.3) is 0 Å². The van der Waals surface area contributed by atoms with E-state index in [4.69, 9.17) is 10.8 Å². The van der Waals surface area contributed by atoms with E-state index >= 15 is 0 Å². The van der Waals surface area contributed by atoms with Crippen molar-refractivity contribution in [1.82, 2.24) is 0 Å². The summed E-state index contributed by atoms with van der Waals surface area (Å²) in [4.78, 5) is 0. The van der Waals surface area contributed by atoms with Crippen molar-refractivity contribution in [2.45, 2.75) is 6.61 Å². The van der Waals surface area contributed by atoms with Crippen LogP contribution in [-0.4, -0.2) is 11.7 Å². The molecule has 0 aliphatic heterocycles. The Hall–Kier alpha value is -1.37. The van der Waals surface area contributed by atoms with Gasteiger partial charge in [0.05, 0.1) is 13.2 Å². The van der Waals surface area contributed by atoms with Gasteiger partial charge in [-0.05, 0) is 12.1 Å². The quantitative estimate of drug-likeness (QED) is 0.621. The van der Waals surface area contributed by atoms with E-state index in [1.807, 2.05) is 0 Å². The lowest BCUT2D eigenvalue weighted by atomic mass is 10.1. The molecule has 0 bridgehead atoms. The lowest BCUT2D eigenvalue weighted by Gasteiger charge is -1.98. The lowest BCUT2D eigenvalue weighted by Crippen LogP contribution is -1.94. The van der Waals surface area contributed by atoms with Gasteiger partial charge in [-0.3, -0.25) is 0 Å². The third kappa shape index (κ3) is 2.55. The van der Waals surface area contributed by atoms with E-state index in [1.54, 1.807) is 6.07 Å². The van der Waals surface area contributed by atoms with E-state index in [0.29, 0.717) is 5.56 Å². The van der Waals surface area contributed by atoms with Crippen molar-refractivity contribution in [1.29, 1.82) is 0 Å². The summed E-state index contributed by atoms with van der Waals surface area (Å²) in [5.41, 5.74) is 6.01. The minimum Gasteiger partial charge on any atom is -0.392 e. The number of benzene rings is 1. The molecule has 0 aromatic heterocycles. The highest BCUT2D eigenvalue weighted by molar-refractivity contribution is 5.37. The standard InChI is InChI=1S/C10H10FNO/c11-10-6-8(2-1-5-12)3-4-9(10)7-13/h3-4,6,13H,5,7,12H2. The van der Waals surface area contributed by atoms with Gasteiger partial charge >= 0.3 is 0 Å². The first-order valence-electron chi connectivity index (χ1n) is 3.86. The lowest BCUT2D eigenvalue weighted by molar-refractivity contribution is 0.275. The van der Waals surface area contributed by atoms with Gasteiger partial charge in [-0.15, -0.1) is 0 Å². The summed E-state index contributed by atoms with van der Waals surface area (Å²) in [7, 11) is 0. The summed E-state index contributed by atoms with van der Waals surface area (Å²) in [6, 6.07) is 4.45. The Kier molecular flexibility index (Phi) is 3.44. The van der Waals surface area contributed by atoms with Gasteiger partial charge in [0, 0.05) is 11.1 Å². The Morgan fingerprint density at radius 1 is 1.46 bits per heavy atom. The van der Waals surface area contributed by atoms with Crippen molar-refractivity contribution in [3.63, 3.8) is 0 Å². The highest BCUT2D eigenvalue weighted by Gasteiger charge is 1.99. The smallest absolute Gasteiger partial charge is 0.129 e. The molecule has 1 aromatic carbocycles. The van der Waals surface area contributed by atoms with E-state index in [2.05, 4.69) is 11.8 Å². The van der Waals surface area contributed by atoms with Crippen LogP contribution in [0, 0.1) is 17.7 Å². The molecule has 3 N–H and O–H groups in total. The number of nitrogens with two attached hydrogens (primary N) is 1. The molecule has 0 fully saturated rings. The SMILES string of the molecule is NCC#Cc1ccc(CO)c(F)c1. The van der Waals surface area contributed by atoms with E-state index < -0.39 is 5.82 Å². The monoisotopic (exact) mass is 179 g/mol. The molecule has 0 unspecified atom stereocenters. The van der Waals surface area contributed by atoms with E-state index in [1.165, 1.54) is 12.1 Å². The third-order valence-corrected chi connectivity index (χ3v) is 1.56. The highest BCUT2D eigenvalue weighted by Crippen LogP contribution is 2.09. The van der Waals surface area contributed by atoms with Crippen LogP contribution in [0.2, 0.25) is 0 Å². The Balaban J connectivity index is 2.96. The summed E-state index contributed by atoms with van der Waals surface area (Å²) in [5, 5.41) is 8.69. The van der Waals surface area contributed by atoms with E-state index in [9.17, 15) is 4.39 Å². The Morgan fingerprint density at radius 3 is 2.77 bits per heavy atom. The van der Waals surface area contributed by atoms with Crippen LogP contribution >= 0.6 is 0 Å². The number of rotatable bonds is 1. The van der Waals surface area contributed by atoms with Crippen molar-refractivity contribution >= 4 is 0 Å². The Morgan fingerprint density at radius 2 is 2.23 bits per heavy atom. The number of hydrogen-bond acceptors (Lipinski definition) is 2. The van der Waals surface area contributed by atoms with Gasteiger partial charge in [-0.2, -0.15) is 0 Å². The fraction of sp³-hybridized carbons (Fsp3) is 0.200. The van der Waals surface area contributed by atoms with Crippen molar-refractivity contribution in [3.05, 3.63) is 35.1 Å². The fourth-order valence-corrected chi connectivity index (χ4v) is 0.906. The molecule has 0 aliphatic carbocycles. The van der Waals surface area contributed by atoms with Gasteiger partial charge in [-0.25, -0.2) is 4.39 Å². The normalized spacial score (nSPS) is 9.15. The average Bonchev–Trinajstić information content (AvgIpc) is 2.15. The number of halogens is 1. The van der Waals surface area contributed by atoms with Gasteiger partial charge in [0.1, 0.15) is 5.82 Å². The molecule has 0 amide bonds. The fourth-order valence-electron chi connectivity index (χ4n) is 0.906. The van der Waals surface area contributed by atoms with E-state index in [-0.39, 0.29) is 18.7 Å². The minimum absolute atomic E-state index is 0.253. The van der Waals surface area contributed by atoms with Crippen molar-refractivity contribution < 1.29 is 9.50 Å². The van der Waals surface area contributed by atoms with Gasteiger partial charge < -0.3 is 10.8 Å². The molecule has 68 valence electrons. The van der Waals surface area contributed by atoms with Crippen LogP contribution in [-0.2, 0) is 6.61 Å². The van der Waals surface area contributed by atoms with Crippen LogP contribution in [0.5, 0.6) is 0 Å². The average molecular weight is 179 g/mol. The van der Waals surface area contributed by atoms with Crippen molar-refractivity contribution in [3.8, 4) is 11.8 Å². The number of aliphatic hydroxyl groups excluding tert-OH is 1. The zero-order valence-electron chi connectivity index (χ0n) is 7.05. The Bertz CT molecular complexity index is 352. The van der Waals surface area contributed by atoms with Crippen LogP contribution in [0.4, 0.5) is 4.39 Å². The molecule has 0 radical (unpaired) electrons.